The maximum atomic E-state index is 5.85. The molecule has 0 aliphatic carbocycles. The maximum Gasteiger partial charge on any atom is 0.125 e. The zero-order chi connectivity index (χ0) is 14.7. The van der Waals surface area contributed by atoms with Gasteiger partial charge in [-0.25, -0.2) is 0 Å². The Morgan fingerprint density at radius 2 is 1.90 bits per heavy atom. The Hall–Kier alpha value is -1.06. The molecule has 0 aliphatic rings. The number of nitrogens with one attached hydrogen (secondary N) is 1. The topological polar surface area (TPSA) is 25.2 Å². The Kier molecular flexibility index (Phi) is 5.06. The molecule has 20 heavy (non-hydrogen) atoms. The van der Waals surface area contributed by atoms with Crippen molar-refractivity contribution in [3.63, 3.8) is 0 Å². The number of furan rings is 1. The van der Waals surface area contributed by atoms with E-state index in [1.807, 2.05) is 13.0 Å². The highest BCUT2D eigenvalue weighted by Gasteiger charge is 2.19. The number of hydrogen-bond acceptors (Lipinski definition) is 2. The maximum absolute atomic E-state index is 5.85. The van der Waals surface area contributed by atoms with Crippen LogP contribution < -0.4 is 5.32 Å². The summed E-state index contributed by atoms with van der Waals surface area (Å²) in [4.78, 5) is 0. The summed E-state index contributed by atoms with van der Waals surface area (Å²) in [6, 6.07) is 8.64. The van der Waals surface area contributed by atoms with Crippen molar-refractivity contribution >= 4 is 15.9 Å². The molecule has 1 heterocycles. The van der Waals surface area contributed by atoms with Gasteiger partial charge in [0.05, 0.1) is 6.04 Å². The van der Waals surface area contributed by atoms with Crippen LogP contribution >= 0.6 is 15.9 Å². The van der Waals surface area contributed by atoms with Gasteiger partial charge in [0.25, 0.3) is 0 Å². The second kappa shape index (κ2) is 6.59. The summed E-state index contributed by atoms with van der Waals surface area (Å²) in [5.41, 5.74) is 3.80. The van der Waals surface area contributed by atoms with E-state index >= 15 is 0 Å². The first-order valence-electron chi connectivity index (χ1n) is 7.09. The van der Waals surface area contributed by atoms with Gasteiger partial charge in [0.15, 0.2) is 0 Å². The fourth-order valence-electron chi connectivity index (χ4n) is 2.38. The molecule has 0 amide bonds. The molecule has 0 saturated carbocycles. The molecule has 0 saturated heterocycles. The van der Waals surface area contributed by atoms with Crippen molar-refractivity contribution in [2.24, 2.45) is 0 Å². The summed E-state index contributed by atoms with van der Waals surface area (Å²) in [5.74, 6) is 1.94. The highest BCUT2D eigenvalue weighted by atomic mass is 79.9. The third kappa shape index (κ3) is 3.33. The van der Waals surface area contributed by atoms with E-state index in [0.29, 0.717) is 0 Å². The van der Waals surface area contributed by atoms with E-state index in [9.17, 15) is 0 Å². The molecule has 108 valence electrons. The third-order valence-corrected chi connectivity index (χ3v) is 4.36. The van der Waals surface area contributed by atoms with Gasteiger partial charge in [-0.05, 0) is 68.6 Å². The average molecular weight is 336 g/mol. The number of rotatable bonds is 5. The lowest BCUT2D eigenvalue weighted by Gasteiger charge is -2.20. The molecule has 3 heteroatoms. The van der Waals surface area contributed by atoms with Gasteiger partial charge in [-0.15, -0.1) is 0 Å². The Morgan fingerprint density at radius 1 is 1.15 bits per heavy atom. The zero-order valence-corrected chi connectivity index (χ0v) is 14.2. The van der Waals surface area contributed by atoms with Gasteiger partial charge in [-0.3, -0.25) is 0 Å². The second-order valence-corrected chi connectivity index (χ2v) is 6.15. The van der Waals surface area contributed by atoms with Crippen LogP contribution in [0.3, 0.4) is 0 Å². The second-order valence-electron chi connectivity index (χ2n) is 5.29. The Labute approximate surface area is 129 Å². The van der Waals surface area contributed by atoms with Crippen LogP contribution in [0.15, 0.2) is 33.2 Å². The van der Waals surface area contributed by atoms with Crippen molar-refractivity contribution in [1.82, 2.24) is 5.32 Å². The fraction of sp³-hybridized carbons (Fsp3) is 0.412. The van der Waals surface area contributed by atoms with Crippen molar-refractivity contribution in [3.05, 3.63) is 56.9 Å². The lowest BCUT2D eigenvalue weighted by atomic mass is 9.97. The average Bonchev–Trinajstić information content (AvgIpc) is 2.82. The normalized spacial score (nSPS) is 12.7. The van der Waals surface area contributed by atoms with Crippen LogP contribution in [0.2, 0.25) is 0 Å². The van der Waals surface area contributed by atoms with Crippen molar-refractivity contribution in [2.75, 3.05) is 6.54 Å². The zero-order valence-electron chi connectivity index (χ0n) is 12.6. The van der Waals surface area contributed by atoms with Crippen LogP contribution in [0, 0.1) is 20.8 Å². The van der Waals surface area contributed by atoms with E-state index in [-0.39, 0.29) is 6.04 Å². The largest absolute Gasteiger partial charge is 0.464 e. The molecule has 0 spiro atoms. The van der Waals surface area contributed by atoms with Crippen molar-refractivity contribution < 1.29 is 4.42 Å². The summed E-state index contributed by atoms with van der Waals surface area (Å²) in [7, 11) is 0. The SMILES string of the molecule is CCCNC(c1ccc(C)o1)c1cc(C)c(Br)cc1C. The molecule has 0 bridgehead atoms. The van der Waals surface area contributed by atoms with Gasteiger partial charge < -0.3 is 9.73 Å². The Morgan fingerprint density at radius 3 is 2.50 bits per heavy atom. The van der Waals surface area contributed by atoms with Crippen LogP contribution in [0.5, 0.6) is 0 Å². The number of hydrogen-bond donors (Lipinski definition) is 1. The molecule has 1 unspecified atom stereocenters. The highest BCUT2D eigenvalue weighted by molar-refractivity contribution is 9.10. The van der Waals surface area contributed by atoms with Crippen LogP contribution in [-0.4, -0.2) is 6.54 Å². The Balaban J connectivity index is 2.43. The number of benzene rings is 1. The summed E-state index contributed by atoms with van der Waals surface area (Å²) < 4.78 is 7.00. The van der Waals surface area contributed by atoms with Gasteiger partial charge >= 0.3 is 0 Å². The van der Waals surface area contributed by atoms with Gasteiger partial charge in [0.1, 0.15) is 11.5 Å². The molecule has 2 nitrogen and oxygen atoms in total. The van der Waals surface area contributed by atoms with Crippen LogP contribution in [-0.2, 0) is 0 Å². The van der Waals surface area contributed by atoms with E-state index in [1.165, 1.54) is 16.7 Å². The molecular weight excluding hydrogens is 314 g/mol. The van der Waals surface area contributed by atoms with Crippen molar-refractivity contribution in [3.8, 4) is 0 Å². The van der Waals surface area contributed by atoms with E-state index in [0.717, 1.165) is 29.0 Å². The minimum atomic E-state index is 0.121. The number of aryl methyl sites for hydroxylation is 3. The summed E-state index contributed by atoms with van der Waals surface area (Å²) in [6.45, 7) is 9.41. The molecule has 0 aliphatic heterocycles. The molecule has 1 atom stereocenters. The summed E-state index contributed by atoms with van der Waals surface area (Å²) in [5, 5.41) is 3.59. The molecule has 2 aromatic rings. The molecular formula is C17H22BrNO. The molecule has 1 N–H and O–H groups in total. The van der Waals surface area contributed by atoms with Crippen molar-refractivity contribution in [2.45, 2.75) is 40.2 Å². The molecule has 1 aromatic heterocycles. The first kappa shape index (κ1) is 15.3. The molecule has 0 radical (unpaired) electrons. The predicted octanol–water partition coefficient (Wildman–Crippen LogP) is 5.06. The van der Waals surface area contributed by atoms with E-state index in [4.69, 9.17) is 4.42 Å². The van der Waals surface area contributed by atoms with Crippen LogP contribution in [0.1, 0.15) is 47.6 Å². The van der Waals surface area contributed by atoms with Gasteiger partial charge in [-0.1, -0.05) is 28.9 Å². The molecule has 0 fully saturated rings. The quantitative estimate of drug-likeness (QED) is 0.826. The minimum Gasteiger partial charge on any atom is -0.464 e. The predicted molar refractivity (Wildman–Crippen MR) is 87.2 cm³/mol. The third-order valence-electron chi connectivity index (χ3n) is 3.50. The van der Waals surface area contributed by atoms with Gasteiger partial charge in [0.2, 0.25) is 0 Å². The fourth-order valence-corrected chi connectivity index (χ4v) is 2.83. The van der Waals surface area contributed by atoms with Crippen LogP contribution in [0.25, 0.3) is 0 Å². The lowest BCUT2D eigenvalue weighted by Crippen LogP contribution is -2.23. The van der Waals surface area contributed by atoms with E-state index in [2.05, 4.69) is 60.2 Å². The first-order chi connectivity index (χ1) is 9.52. The number of halogens is 1. The van der Waals surface area contributed by atoms with Crippen molar-refractivity contribution in [1.29, 1.82) is 0 Å². The molecule has 2 rings (SSSR count). The minimum absolute atomic E-state index is 0.121. The monoisotopic (exact) mass is 335 g/mol. The summed E-state index contributed by atoms with van der Waals surface area (Å²) in [6.07, 6.45) is 1.10. The highest BCUT2D eigenvalue weighted by Crippen LogP contribution is 2.30. The van der Waals surface area contributed by atoms with Crippen LogP contribution in [0.4, 0.5) is 0 Å². The smallest absolute Gasteiger partial charge is 0.125 e. The van der Waals surface area contributed by atoms with E-state index in [1.54, 1.807) is 0 Å². The summed E-state index contributed by atoms with van der Waals surface area (Å²) >= 11 is 3.60. The van der Waals surface area contributed by atoms with Gasteiger partial charge in [0, 0.05) is 4.47 Å². The molecule has 1 aromatic carbocycles. The van der Waals surface area contributed by atoms with Gasteiger partial charge in [-0.2, -0.15) is 0 Å². The van der Waals surface area contributed by atoms with E-state index < -0.39 is 0 Å². The Bertz CT molecular complexity index is 589. The standard InChI is InChI=1S/C17H22BrNO/c1-5-8-19-17(16-7-6-13(4)20-16)14-9-12(3)15(18)10-11(14)2/h6-7,9-10,17,19H,5,8H2,1-4H3. The first-order valence-corrected chi connectivity index (χ1v) is 7.88. The lowest BCUT2D eigenvalue weighted by molar-refractivity contribution is 0.429.